The summed E-state index contributed by atoms with van der Waals surface area (Å²) in [6, 6.07) is 0. The van der Waals surface area contributed by atoms with Gasteiger partial charge >= 0.3 is 0 Å². The molecular weight excluding hydrogens is 228 g/mol. The van der Waals surface area contributed by atoms with Crippen LogP contribution in [0.25, 0.3) is 0 Å². The van der Waals surface area contributed by atoms with E-state index in [2.05, 4.69) is 47.4 Å². The van der Waals surface area contributed by atoms with Gasteiger partial charge in [0.05, 0.1) is 12.2 Å². The normalized spacial score (nSPS) is 31.7. The minimum atomic E-state index is -1.77. The minimum Gasteiger partial charge on any atom is -0.410 e. The first-order valence-electron chi connectivity index (χ1n) is 6.59. The summed E-state index contributed by atoms with van der Waals surface area (Å²) in [5.41, 5.74) is 0.882. The van der Waals surface area contributed by atoms with Crippen LogP contribution in [-0.2, 0) is 4.43 Å². The van der Waals surface area contributed by atoms with Crippen LogP contribution in [0.4, 0.5) is 0 Å². The van der Waals surface area contributed by atoms with Crippen LogP contribution in [0.2, 0.25) is 18.1 Å². The van der Waals surface area contributed by atoms with E-state index in [1.807, 2.05) is 0 Å². The average molecular weight is 256 g/mol. The van der Waals surface area contributed by atoms with Gasteiger partial charge in [-0.3, -0.25) is 0 Å². The predicted molar refractivity (Wildman–Crippen MR) is 75.6 cm³/mol. The highest BCUT2D eigenvalue weighted by Gasteiger charge is 2.41. The lowest BCUT2D eigenvalue weighted by molar-refractivity contribution is 0.0811. The molecule has 0 saturated heterocycles. The SMILES string of the molecule is C=C1[C@@H](O[Si](C)(C)C(C)(C)C)C[C@@H](C)C[C@@H]1O. The van der Waals surface area contributed by atoms with Crippen molar-refractivity contribution in [3.05, 3.63) is 12.2 Å². The molecule has 3 heteroatoms. The molecule has 0 aliphatic heterocycles. The van der Waals surface area contributed by atoms with Crippen molar-refractivity contribution < 1.29 is 9.53 Å². The van der Waals surface area contributed by atoms with E-state index in [9.17, 15) is 5.11 Å². The molecule has 0 aromatic carbocycles. The molecule has 0 aromatic heterocycles. The summed E-state index contributed by atoms with van der Waals surface area (Å²) in [5.74, 6) is 0.519. The Morgan fingerprint density at radius 1 is 1.29 bits per heavy atom. The fraction of sp³-hybridized carbons (Fsp3) is 0.857. The van der Waals surface area contributed by atoms with Crippen molar-refractivity contribution in [2.75, 3.05) is 0 Å². The Morgan fingerprint density at radius 2 is 1.82 bits per heavy atom. The lowest BCUT2D eigenvalue weighted by atomic mass is 9.84. The maximum absolute atomic E-state index is 9.95. The molecule has 1 fully saturated rings. The van der Waals surface area contributed by atoms with E-state index in [0.717, 1.165) is 18.4 Å². The number of aliphatic hydroxyl groups is 1. The van der Waals surface area contributed by atoms with E-state index in [1.165, 1.54) is 0 Å². The van der Waals surface area contributed by atoms with Gasteiger partial charge in [-0.2, -0.15) is 0 Å². The fourth-order valence-corrected chi connectivity index (χ4v) is 3.33. The molecule has 17 heavy (non-hydrogen) atoms. The molecule has 0 aromatic rings. The molecule has 2 nitrogen and oxygen atoms in total. The first kappa shape index (κ1) is 14.9. The highest BCUT2D eigenvalue weighted by atomic mass is 28.4. The second kappa shape index (κ2) is 4.86. The second-order valence-corrected chi connectivity index (χ2v) is 11.8. The Balaban J connectivity index is 2.77. The molecule has 100 valence electrons. The highest BCUT2D eigenvalue weighted by Crippen LogP contribution is 2.40. The summed E-state index contributed by atoms with van der Waals surface area (Å²) < 4.78 is 6.38. The molecule has 1 aliphatic carbocycles. The Bertz CT molecular complexity index is 291. The summed E-state index contributed by atoms with van der Waals surface area (Å²) in [4.78, 5) is 0. The van der Waals surface area contributed by atoms with Crippen molar-refractivity contribution in [1.82, 2.24) is 0 Å². The summed E-state index contributed by atoms with van der Waals surface area (Å²) in [6.07, 6.45) is 1.50. The second-order valence-electron chi connectivity index (χ2n) is 7.03. The number of hydrogen-bond acceptors (Lipinski definition) is 2. The van der Waals surface area contributed by atoms with Crippen LogP contribution in [0.1, 0.15) is 40.5 Å². The van der Waals surface area contributed by atoms with Crippen LogP contribution in [0.5, 0.6) is 0 Å². The first-order valence-corrected chi connectivity index (χ1v) is 9.50. The monoisotopic (exact) mass is 256 g/mol. The molecule has 3 atom stereocenters. The van der Waals surface area contributed by atoms with E-state index < -0.39 is 8.32 Å². The lowest BCUT2D eigenvalue weighted by Crippen LogP contribution is -2.47. The lowest BCUT2D eigenvalue weighted by Gasteiger charge is -2.43. The van der Waals surface area contributed by atoms with Gasteiger partial charge in [0.1, 0.15) is 0 Å². The smallest absolute Gasteiger partial charge is 0.192 e. The molecule has 0 spiro atoms. The highest BCUT2D eigenvalue weighted by molar-refractivity contribution is 6.74. The van der Waals surface area contributed by atoms with Crippen molar-refractivity contribution in [3.63, 3.8) is 0 Å². The van der Waals surface area contributed by atoms with Gasteiger partial charge in [-0.05, 0) is 42.5 Å². The molecular formula is C14H28O2Si. The third-order valence-corrected chi connectivity index (χ3v) is 8.81. The number of hydrogen-bond donors (Lipinski definition) is 1. The molecule has 0 amide bonds. The van der Waals surface area contributed by atoms with Crippen LogP contribution in [0.15, 0.2) is 12.2 Å². The average Bonchev–Trinajstić information content (AvgIpc) is 2.11. The van der Waals surface area contributed by atoms with E-state index in [-0.39, 0.29) is 17.2 Å². The van der Waals surface area contributed by atoms with Crippen molar-refractivity contribution >= 4 is 8.32 Å². The molecule has 0 radical (unpaired) electrons. The van der Waals surface area contributed by atoms with Gasteiger partial charge in [0.15, 0.2) is 8.32 Å². The third kappa shape index (κ3) is 3.43. The topological polar surface area (TPSA) is 29.5 Å². The summed E-state index contributed by atoms with van der Waals surface area (Å²) in [5, 5.41) is 10.2. The zero-order valence-electron chi connectivity index (χ0n) is 12.2. The van der Waals surface area contributed by atoms with Crippen molar-refractivity contribution in [3.8, 4) is 0 Å². The quantitative estimate of drug-likeness (QED) is 0.602. The van der Waals surface area contributed by atoms with Crippen molar-refractivity contribution in [1.29, 1.82) is 0 Å². The van der Waals surface area contributed by atoms with Gasteiger partial charge in [-0.25, -0.2) is 0 Å². The molecule has 1 N–H and O–H groups in total. The molecule has 0 unspecified atom stereocenters. The maximum atomic E-state index is 9.95. The minimum absolute atomic E-state index is 0.0506. The van der Waals surface area contributed by atoms with E-state index >= 15 is 0 Å². The zero-order valence-corrected chi connectivity index (χ0v) is 13.2. The van der Waals surface area contributed by atoms with Gasteiger partial charge in [0, 0.05) is 0 Å². The number of rotatable bonds is 2. The Labute approximate surface area is 107 Å². The third-order valence-electron chi connectivity index (χ3n) is 4.33. The Hall–Kier alpha value is -0.123. The van der Waals surface area contributed by atoms with E-state index in [0.29, 0.717) is 5.92 Å². The van der Waals surface area contributed by atoms with Gasteiger partial charge in [-0.1, -0.05) is 34.3 Å². The first-order chi connectivity index (χ1) is 7.54. The van der Waals surface area contributed by atoms with Crippen molar-refractivity contribution in [2.24, 2.45) is 5.92 Å². The van der Waals surface area contributed by atoms with Crippen molar-refractivity contribution in [2.45, 2.75) is 70.9 Å². The Kier molecular flexibility index (Phi) is 4.27. The van der Waals surface area contributed by atoms with Gasteiger partial charge in [0.2, 0.25) is 0 Å². The number of aliphatic hydroxyl groups excluding tert-OH is 1. The summed E-state index contributed by atoms with van der Waals surface area (Å²) in [6.45, 7) is 17.4. The Morgan fingerprint density at radius 3 is 2.29 bits per heavy atom. The zero-order chi connectivity index (χ0) is 13.4. The van der Waals surface area contributed by atoms with Gasteiger partial charge in [-0.15, -0.1) is 0 Å². The molecule has 0 bridgehead atoms. The maximum Gasteiger partial charge on any atom is 0.192 e. The predicted octanol–water partition coefficient (Wildman–Crippen LogP) is 3.72. The molecule has 1 rings (SSSR count). The molecule has 0 heterocycles. The summed E-state index contributed by atoms with van der Waals surface area (Å²) in [7, 11) is -1.77. The fourth-order valence-electron chi connectivity index (χ4n) is 2.02. The molecule has 1 saturated carbocycles. The van der Waals surface area contributed by atoms with Crippen LogP contribution in [-0.4, -0.2) is 25.6 Å². The van der Waals surface area contributed by atoms with Crippen LogP contribution in [0.3, 0.4) is 0 Å². The van der Waals surface area contributed by atoms with Gasteiger partial charge < -0.3 is 9.53 Å². The summed E-state index contributed by atoms with van der Waals surface area (Å²) >= 11 is 0. The van der Waals surface area contributed by atoms with E-state index in [4.69, 9.17) is 4.43 Å². The largest absolute Gasteiger partial charge is 0.410 e. The van der Waals surface area contributed by atoms with Crippen LogP contribution in [0, 0.1) is 5.92 Å². The van der Waals surface area contributed by atoms with Gasteiger partial charge in [0.25, 0.3) is 0 Å². The standard InChI is InChI=1S/C14H28O2Si/c1-10-8-12(15)11(2)13(9-10)16-17(6,7)14(3,4)5/h10,12-13,15H,2,8-9H2,1,3-7H3/t10-,12-,13-/m0/s1. The van der Waals surface area contributed by atoms with E-state index in [1.54, 1.807) is 0 Å². The van der Waals surface area contributed by atoms with Crippen LogP contribution >= 0.6 is 0 Å². The molecule has 1 aliphatic rings. The van der Waals surface area contributed by atoms with Crippen LogP contribution < -0.4 is 0 Å².